The lowest BCUT2D eigenvalue weighted by Crippen LogP contribution is -2.47. The van der Waals surface area contributed by atoms with E-state index >= 15 is 0 Å². The molecule has 0 saturated heterocycles. The Morgan fingerprint density at radius 1 is 0.472 bits per heavy atom. The van der Waals surface area contributed by atoms with E-state index < -0.39 is 20.0 Å². The molecule has 0 aromatic heterocycles. The van der Waals surface area contributed by atoms with Crippen molar-refractivity contribution in [2.24, 2.45) is 0 Å². The van der Waals surface area contributed by atoms with E-state index in [1.54, 1.807) is 0 Å². The van der Waals surface area contributed by atoms with Crippen LogP contribution in [0.2, 0.25) is 0 Å². The zero-order chi connectivity index (χ0) is 52.9. The first kappa shape index (κ1) is 70.5. The molecule has 0 bridgehead atoms. The summed E-state index contributed by atoms with van der Waals surface area (Å²) in [6.07, 6.45) is 61.6. The number of rotatable bonds is 57. The molecule has 3 atom stereocenters. The second-order valence-corrected chi connectivity index (χ2v) is 24.0. The molecule has 9 nitrogen and oxygen atoms in total. The number of carbonyl (C=O) groups excluding carboxylic acids is 2. The van der Waals surface area contributed by atoms with Gasteiger partial charge in [0.2, 0.25) is 5.91 Å². The number of likely N-dealkylation sites (N-methyl/N-ethyl adjacent to an activating group) is 1. The zero-order valence-corrected chi connectivity index (χ0v) is 49.6. The van der Waals surface area contributed by atoms with Gasteiger partial charge in [-0.3, -0.25) is 14.2 Å². The Kier molecular flexibility index (Phi) is 51.8. The van der Waals surface area contributed by atoms with Crippen LogP contribution >= 0.6 is 7.82 Å². The predicted octanol–water partition coefficient (Wildman–Crippen LogP) is 18.3. The number of hydrogen-bond acceptors (Lipinski definition) is 7. The van der Waals surface area contributed by atoms with Gasteiger partial charge >= 0.3 is 5.97 Å². The topological polar surface area (TPSA) is 114 Å². The van der Waals surface area contributed by atoms with Gasteiger partial charge in [-0.15, -0.1) is 0 Å². The summed E-state index contributed by atoms with van der Waals surface area (Å²) in [5, 5.41) is 3.03. The number of quaternary nitrogens is 1. The molecule has 0 aliphatic heterocycles. The first-order valence-electron chi connectivity index (χ1n) is 31.1. The monoisotopic (exact) mass is 1040 g/mol. The average molecular weight is 1040 g/mol. The molecule has 0 heterocycles. The highest BCUT2D eigenvalue weighted by Gasteiger charge is 2.27. The fourth-order valence-corrected chi connectivity index (χ4v) is 9.99. The molecule has 0 radical (unpaired) electrons. The molecule has 1 amide bonds. The Labute approximate surface area is 447 Å². The van der Waals surface area contributed by atoms with Crippen molar-refractivity contribution < 1.29 is 37.3 Å². The van der Waals surface area contributed by atoms with Crippen LogP contribution in [0.4, 0.5) is 0 Å². The number of nitrogens with one attached hydrogen (secondary N) is 1. The van der Waals surface area contributed by atoms with Crippen molar-refractivity contribution in [2.75, 3.05) is 40.9 Å². The number of ether oxygens (including phenoxy) is 1. The molecule has 0 aliphatic carbocycles. The summed E-state index contributed by atoms with van der Waals surface area (Å²) in [6, 6.07) is -0.885. The van der Waals surface area contributed by atoms with Crippen LogP contribution < -0.4 is 10.2 Å². The molecule has 426 valence electrons. The van der Waals surface area contributed by atoms with Crippen molar-refractivity contribution in [1.82, 2.24) is 5.32 Å². The molecular weight excluding hydrogens is 916 g/mol. The van der Waals surface area contributed by atoms with Crippen molar-refractivity contribution in [3.63, 3.8) is 0 Å². The Morgan fingerprint density at radius 2 is 0.819 bits per heavy atom. The smallest absolute Gasteiger partial charge is 0.306 e. The summed E-state index contributed by atoms with van der Waals surface area (Å²) in [4.78, 5) is 39.9. The molecule has 0 aromatic rings. The Hall–Kier alpha value is -1.51. The van der Waals surface area contributed by atoms with E-state index in [1.165, 1.54) is 193 Å². The summed E-state index contributed by atoms with van der Waals surface area (Å²) in [5.41, 5.74) is 0. The van der Waals surface area contributed by atoms with E-state index in [0.717, 1.165) is 83.5 Å². The number of phosphoric acid groups is 1. The van der Waals surface area contributed by atoms with Gasteiger partial charge in [0.25, 0.3) is 7.82 Å². The van der Waals surface area contributed by atoms with Crippen molar-refractivity contribution in [2.45, 2.75) is 322 Å². The van der Waals surface area contributed by atoms with E-state index in [4.69, 9.17) is 13.8 Å². The number of unbranched alkanes of at least 4 members (excludes halogenated alkanes) is 39. The third-order valence-electron chi connectivity index (χ3n) is 14.1. The van der Waals surface area contributed by atoms with Gasteiger partial charge in [0.1, 0.15) is 19.3 Å². The maximum atomic E-state index is 13.5. The van der Waals surface area contributed by atoms with Crippen LogP contribution in [-0.4, -0.2) is 69.4 Å². The highest BCUT2D eigenvalue weighted by atomic mass is 31.2. The van der Waals surface area contributed by atoms with Gasteiger partial charge in [-0.1, -0.05) is 270 Å². The first-order valence-corrected chi connectivity index (χ1v) is 32.6. The number of nitrogens with zero attached hydrogens (tertiary/aromatic N) is 1. The third kappa shape index (κ3) is 53.3. The zero-order valence-electron chi connectivity index (χ0n) is 48.7. The van der Waals surface area contributed by atoms with Crippen LogP contribution in [0.1, 0.15) is 310 Å². The molecule has 0 aromatic carbocycles. The van der Waals surface area contributed by atoms with Gasteiger partial charge in [-0.2, -0.15) is 0 Å². The molecule has 10 heteroatoms. The molecule has 0 fully saturated rings. The predicted molar refractivity (Wildman–Crippen MR) is 307 cm³/mol. The number of carbonyl (C=O) groups is 2. The van der Waals surface area contributed by atoms with Crippen molar-refractivity contribution in [3.8, 4) is 0 Å². The van der Waals surface area contributed by atoms with Crippen LogP contribution in [0.25, 0.3) is 0 Å². The summed E-state index contributed by atoms with van der Waals surface area (Å²) in [5.74, 6) is -0.538. The van der Waals surface area contributed by atoms with E-state index in [0.29, 0.717) is 17.4 Å². The summed E-state index contributed by atoms with van der Waals surface area (Å²) < 4.78 is 30.3. The Bertz CT molecular complexity index is 1290. The number of allylic oxidation sites excluding steroid dienone is 3. The van der Waals surface area contributed by atoms with Crippen molar-refractivity contribution in [3.05, 3.63) is 24.3 Å². The van der Waals surface area contributed by atoms with Crippen LogP contribution in [0.15, 0.2) is 24.3 Å². The summed E-state index contributed by atoms with van der Waals surface area (Å²) in [7, 11) is 1.19. The molecule has 72 heavy (non-hydrogen) atoms. The van der Waals surface area contributed by atoms with E-state index in [1.807, 2.05) is 33.3 Å². The fraction of sp³-hybridized carbons (Fsp3) is 0.903. The van der Waals surface area contributed by atoms with Crippen LogP contribution in [-0.2, 0) is 27.9 Å². The number of phosphoric ester groups is 1. The largest absolute Gasteiger partial charge is 0.756 e. The number of hydrogen-bond donors (Lipinski definition) is 1. The van der Waals surface area contributed by atoms with Gasteiger partial charge in [0, 0.05) is 12.8 Å². The van der Waals surface area contributed by atoms with Gasteiger partial charge in [0.15, 0.2) is 0 Å². The van der Waals surface area contributed by atoms with E-state index in [-0.39, 0.29) is 31.5 Å². The summed E-state index contributed by atoms with van der Waals surface area (Å²) >= 11 is 0. The highest BCUT2D eigenvalue weighted by Crippen LogP contribution is 2.38. The molecule has 0 aliphatic rings. The lowest BCUT2D eigenvalue weighted by molar-refractivity contribution is -0.870. The van der Waals surface area contributed by atoms with E-state index in [2.05, 4.69) is 38.2 Å². The maximum absolute atomic E-state index is 13.5. The van der Waals surface area contributed by atoms with Gasteiger partial charge in [-0.25, -0.2) is 0 Å². The second-order valence-electron chi connectivity index (χ2n) is 22.6. The standard InChI is InChI=1S/C62H121N2O7P/c1-7-10-13-16-19-22-25-27-28-29-30-31-32-33-34-35-36-37-40-42-45-48-51-54-61(65)63-59(58-70-72(67,68)69-57-56-64(4,5)6)60(53-50-47-44-41-39-26-23-20-17-14-11-8-2)71-62(66)55-52-49-46-43-38-24-21-18-15-12-9-3/h18,21,50,53,59-60H,7-17,19-20,22-49,51-52,54-58H2,1-6H3,(H-,63,65,67,68)/b21-18-,53-50-. The minimum absolute atomic E-state index is 0.0202. The van der Waals surface area contributed by atoms with E-state index in [9.17, 15) is 19.0 Å². The second kappa shape index (κ2) is 52.9. The van der Waals surface area contributed by atoms with Crippen LogP contribution in [0.5, 0.6) is 0 Å². The van der Waals surface area contributed by atoms with Crippen molar-refractivity contribution in [1.29, 1.82) is 0 Å². The molecule has 0 rings (SSSR count). The lowest BCUT2D eigenvalue weighted by atomic mass is 10.0. The molecule has 3 unspecified atom stereocenters. The fourth-order valence-electron chi connectivity index (χ4n) is 9.27. The number of amides is 1. The number of esters is 1. The first-order chi connectivity index (χ1) is 34.9. The highest BCUT2D eigenvalue weighted by molar-refractivity contribution is 7.45. The maximum Gasteiger partial charge on any atom is 0.306 e. The summed E-state index contributed by atoms with van der Waals surface area (Å²) in [6.45, 7) is 6.83. The van der Waals surface area contributed by atoms with Gasteiger partial charge < -0.3 is 28.5 Å². The molecular formula is C62H121N2O7P. The normalized spacial score (nSPS) is 13.8. The van der Waals surface area contributed by atoms with Gasteiger partial charge in [-0.05, 0) is 51.0 Å². The lowest BCUT2D eigenvalue weighted by Gasteiger charge is -2.30. The minimum atomic E-state index is -4.69. The van der Waals surface area contributed by atoms with Crippen LogP contribution in [0.3, 0.4) is 0 Å². The van der Waals surface area contributed by atoms with Crippen LogP contribution in [0, 0.1) is 0 Å². The average Bonchev–Trinajstić information content (AvgIpc) is 3.34. The Balaban J connectivity index is 5.07. The minimum Gasteiger partial charge on any atom is -0.756 e. The third-order valence-corrected chi connectivity index (χ3v) is 15.1. The Morgan fingerprint density at radius 3 is 1.22 bits per heavy atom. The van der Waals surface area contributed by atoms with Gasteiger partial charge in [0.05, 0.1) is 33.8 Å². The SMILES string of the molecule is CCCC/C=C\CCCCCCCC(=O)OC(/C=C\CCCCCCCCCCCC)C(COP(=O)([O-])OCC[N+](C)(C)C)NC(=O)CCCCCCCCCCCCCCCCCCCCCCCCC. The molecule has 0 spiro atoms. The molecule has 0 saturated carbocycles. The molecule has 1 N–H and O–H groups in total. The van der Waals surface area contributed by atoms with Crippen molar-refractivity contribution >= 4 is 19.7 Å². The quantitative estimate of drug-likeness (QED) is 0.0212.